The van der Waals surface area contributed by atoms with Crippen molar-refractivity contribution < 1.29 is 9.53 Å². The molecule has 1 saturated heterocycles. The maximum Gasteiger partial charge on any atom is 0.230 e. The van der Waals surface area contributed by atoms with Crippen LogP contribution in [0.3, 0.4) is 0 Å². The van der Waals surface area contributed by atoms with Crippen LogP contribution in [0.4, 0.5) is 11.4 Å². The van der Waals surface area contributed by atoms with E-state index < -0.39 is 0 Å². The second kappa shape index (κ2) is 9.54. The first-order valence-corrected chi connectivity index (χ1v) is 11.3. The fourth-order valence-corrected chi connectivity index (χ4v) is 5.16. The lowest BCUT2D eigenvalue weighted by molar-refractivity contribution is -0.115. The van der Waals surface area contributed by atoms with Gasteiger partial charge in [0.15, 0.2) is 0 Å². The van der Waals surface area contributed by atoms with Crippen LogP contribution in [0, 0.1) is 0 Å². The Morgan fingerprint density at radius 2 is 1.73 bits per heavy atom. The molecule has 1 aliphatic rings. The minimum atomic E-state index is -0.172. The summed E-state index contributed by atoms with van der Waals surface area (Å²) in [6, 6.07) is 10.8. The Bertz CT molecular complexity index is 1050. The number of carbonyl (C=O) groups is 1. The molecule has 2 heterocycles. The van der Waals surface area contributed by atoms with E-state index in [0.29, 0.717) is 50.2 Å². The molecular formula is C21H18Cl3N3O2S. The molecule has 3 aromatic rings. The number of aromatic nitrogens is 1. The second-order valence-electron chi connectivity index (χ2n) is 6.70. The lowest BCUT2D eigenvalue weighted by Gasteiger charge is -2.31. The van der Waals surface area contributed by atoms with Crippen LogP contribution in [-0.4, -0.2) is 37.2 Å². The van der Waals surface area contributed by atoms with Crippen molar-refractivity contribution >= 4 is 63.4 Å². The van der Waals surface area contributed by atoms with E-state index in [2.05, 4.69) is 15.2 Å². The summed E-state index contributed by atoms with van der Waals surface area (Å²) in [6.45, 7) is 2.71. The third-order valence-corrected chi connectivity index (χ3v) is 6.50. The third-order valence-electron chi connectivity index (χ3n) is 4.66. The highest BCUT2D eigenvalue weighted by Crippen LogP contribution is 2.37. The fourth-order valence-electron chi connectivity index (χ4n) is 3.29. The zero-order valence-electron chi connectivity index (χ0n) is 15.8. The fraction of sp³-hybridized carbons (Fsp3) is 0.238. The van der Waals surface area contributed by atoms with Crippen LogP contribution in [-0.2, 0) is 16.0 Å². The molecule has 0 spiro atoms. The Morgan fingerprint density at radius 3 is 2.47 bits per heavy atom. The largest absolute Gasteiger partial charge is 0.378 e. The molecule has 30 heavy (non-hydrogen) atoms. The van der Waals surface area contributed by atoms with Crippen LogP contribution in [0.15, 0.2) is 41.8 Å². The lowest BCUT2D eigenvalue weighted by atomic mass is 10.2. The Labute approximate surface area is 193 Å². The number of hydrogen-bond acceptors (Lipinski definition) is 5. The predicted octanol–water partition coefficient (Wildman–Crippen LogP) is 5.79. The molecule has 1 fully saturated rings. The number of nitrogens with one attached hydrogen (secondary N) is 1. The number of carbonyl (C=O) groups excluding carboxylic acids is 1. The lowest BCUT2D eigenvalue weighted by Crippen LogP contribution is -2.37. The van der Waals surface area contributed by atoms with Crippen molar-refractivity contribution in [3.05, 3.63) is 62.5 Å². The summed E-state index contributed by atoms with van der Waals surface area (Å²) >= 11 is 20.4. The molecule has 2 aromatic carbocycles. The molecule has 0 saturated carbocycles. The first kappa shape index (κ1) is 21.4. The zero-order chi connectivity index (χ0) is 21.1. The normalized spacial score (nSPS) is 14.0. The maximum atomic E-state index is 12.7. The van der Waals surface area contributed by atoms with Gasteiger partial charge in [0.2, 0.25) is 5.91 Å². The van der Waals surface area contributed by atoms with Crippen molar-refractivity contribution in [2.75, 3.05) is 36.5 Å². The van der Waals surface area contributed by atoms with Crippen LogP contribution in [0.2, 0.25) is 15.1 Å². The van der Waals surface area contributed by atoms with E-state index in [-0.39, 0.29) is 12.3 Å². The number of nitrogens with zero attached hydrogens (tertiary/aromatic N) is 2. The summed E-state index contributed by atoms with van der Waals surface area (Å²) in [4.78, 5) is 19.4. The number of halogens is 3. The summed E-state index contributed by atoms with van der Waals surface area (Å²) in [5, 5.41) is 7.16. The number of thiazole rings is 1. The van der Waals surface area contributed by atoms with Crippen molar-refractivity contribution in [2.45, 2.75) is 6.42 Å². The van der Waals surface area contributed by atoms with Crippen LogP contribution >= 0.6 is 46.1 Å². The summed E-state index contributed by atoms with van der Waals surface area (Å²) in [6.07, 6.45) is 0.133. The van der Waals surface area contributed by atoms with E-state index in [9.17, 15) is 4.79 Å². The van der Waals surface area contributed by atoms with E-state index in [1.165, 1.54) is 11.3 Å². The Hall–Kier alpha value is -1.83. The number of amides is 1. The smallest absolute Gasteiger partial charge is 0.230 e. The van der Waals surface area contributed by atoms with Gasteiger partial charge in [0.25, 0.3) is 0 Å². The summed E-state index contributed by atoms with van der Waals surface area (Å²) < 4.78 is 5.42. The second-order valence-corrected chi connectivity index (χ2v) is 8.78. The number of hydrogen-bond donors (Lipinski definition) is 1. The number of morpholine rings is 1. The molecule has 0 aliphatic carbocycles. The maximum absolute atomic E-state index is 12.7. The number of ether oxygens (including phenoxy) is 1. The van der Waals surface area contributed by atoms with Gasteiger partial charge < -0.3 is 15.0 Å². The van der Waals surface area contributed by atoms with Crippen LogP contribution in [0.25, 0.3) is 10.6 Å². The highest BCUT2D eigenvalue weighted by molar-refractivity contribution is 7.13. The van der Waals surface area contributed by atoms with Crippen LogP contribution in [0.1, 0.15) is 5.69 Å². The van der Waals surface area contributed by atoms with Gasteiger partial charge in [-0.3, -0.25) is 4.79 Å². The van der Waals surface area contributed by atoms with Crippen molar-refractivity contribution in [1.82, 2.24) is 4.98 Å². The van der Waals surface area contributed by atoms with E-state index >= 15 is 0 Å². The van der Waals surface area contributed by atoms with Gasteiger partial charge in [-0.05, 0) is 24.3 Å². The van der Waals surface area contributed by atoms with E-state index in [1.54, 1.807) is 18.2 Å². The predicted molar refractivity (Wildman–Crippen MR) is 124 cm³/mol. The van der Waals surface area contributed by atoms with E-state index in [4.69, 9.17) is 39.5 Å². The molecule has 156 valence electrons. The molecular weight excluding hydrogens is 465 g/mol. The summed E-state index contributed by atoms with van der Waals surface area (Å²) in [5.74, 6) is -0.172. The first-order chi connectivity index (χ1) is 14.5. The molecule has 1 amide bonds. The average Bonchev–Trinajstić information content (AvgIpc) is 3.16. The Balaban J connectivity index is 1.50. The van der Waals surface area contributed by atoms with E-state index in [1.807, 2.05) is 23.6 Å². The van der Waals surface area contributed by atoms with E-state index in [0.717, 1.165) is 18.8 Å². The van der Waals surface area contributed by atoms with Crippen LogP contribution in [0.5, 0.6) is 0 Å². The standard InChI is InChI=1S/C21H18Cl3N3O2S/c22-14-3-1-4-15(23)19(14)21-25-13(12-30-21)11-18(28)26-17-6-2-5-16(24)20(17)27-7-9-29-10-8-27/h1-6,12H,7-11H2,(H,26,28). The number of benzene rings is 2. The minimum Gasteiger partial charge on any atom is -0.378 e. The Morgan fingerprint density at radius 1 is 1.07 bits per heavy atom. The number of para-hydroxylation sites is 1. The molecule has 9 heteroatoms. The zero-order valence-corrected chi connectivity index (χ0v) is 18.9. The van der Waals surface area contributed by atoms with Gasteiger partial charge in [0, 0.05) is 24.0 Å². The molecule has 1 aromatic heterocycles. The molecule has 1 aliphatic heterocycles. The van der Waals surface area contributed by atoms with Crippen molar-refractivity contribution in [3.63, 3.8) is 0 Å². The van der Waals surface area contributed by atoms with Gasteiger partial charge >= 0.3 is 0 Å². The van der Waals surface area contributed by atoms with Crippen molar-refractivity contribution in [3.8, 4) is 10.6 Å². The van der Waals surface area contributed by atoms with Gasteiger partial charge in [0.1, 0.15) is 5.01 Å². The molecule has 0 unspecified atom stereocenters. The topological polar surface area (TPSA) is 54.5 Å². The summed E-state index contributed by atoms with van der Waals surface area (Å²) in [5.41, 5.74) is 2.83. The molecule has 5 nitrogen and oxygen atoms in total. The number of rotatable bonds is 5. The number of anilines is 2. The molecule has 0 atom stereocenters. The van der Waals surface area contributed by atoms with Gasteiger partial charge in [-0.2, -0.15) is 0 Å². The van der Waals surface area contributed by atoms with Crippen molar-refractivity contribution in [1.29, 1.82) is 0 Å². The average molecular weight is 483 g/mol. The monoisotopic (exact) mass is 481 g/mol. The van der Waals surface area contributed by atoms with Gasteiger partial charge in [0.05, 0.1) is 51.8 Å². The summed E-state index contributed by atoms with van der Waals surface area (Å²) in [7, 11) is 0. The Kier molecular flexibility index (Phi) is 6.80. The first-order valence-electron chi connectivity index (χ1n) is 9.33. The van der Waals surface area contributed by atoms with Gasteiger partial charge in [-0.25, -0.2) is 4.98 Å². The third kappa shape index (κ3) is 4.74. The van der Waals surface area contributed by atoms with Gasteiger partial charge in [-0.1, -0.05) is 46.9 Å². The minimum absolute atomic E-state index is 0.133. The van der Waals surface area contributed by atoms with Crippen molar-refractivity contribution in [2.24, 2.45) is 0 Å². The van der Waals surface area contributed by atoms with Crippen LogP contribution < -0.4 is 10.2 Å². The molecule has 0 radical (unpaired) electrons. The highest BCUT2D eigenvalue weighted by Gasteiger charge is 2.20. The highest BCUT2D eigenvalue weighted by atomic mass is 35.5. The molecule has 4 rings (SSSR count). The SMILES string of the molecule is O=C(Cc1csc(-c2c(Cl)cccc2Cl)n1)Nc1cccc(Cl)c1N1CCOCC1. The molecule has 1 N–H and O–H groups in total. The quantitative estimate of drug-likeness (QED) is 0.500. The van der Waals surface area contributed by atoms with Gasteiger partial charge in [-0.15, -0.1) is 11.3 Å². The molecule has 0 bridgehead atoms.